The first kappa shape index (κ1) is 11.2. The third kappa shape index (κ3) is 2.37. The summed E-state index contributed by atoms with van der Waals surface area (Å²) in [7, 11) is 0. The summed E-state index contributed by atoms with van der Waals surface area (Å²) in [5.74, 6) is 1.68. The average Bonchev–Trinajstić information content (AvgIpc) is 2.83. The topological polar surface area (TPSA) is 30.5 Å². The number of halogens is 1. The quantitative estimate of drug-likeness (QED) is 0.905. The van der Waals surface area contributed by atoms with Gasteiger partial charge in [0.1, 0.15) is 13.2 Å². The molecule has 1 N–H and O–H groups in total. The van der Waals surface area contributed by atoms with Crippen LogP contribution in [-0.4, -0.2) is 19.3 Å². The Bertz CT molecular complexity index is 416. The lowest BCUT2D eigenvalue weighted by molar-refractivity contribution is 0.171. The SMILES string of the molecule is Brc1cc2c(cc1NC1CCCC1)OCCO2. The molecule has 0 radical (unpaired) electrons. The molecular weight excluding hydrogens is 282 g/mol. The van der Waals surface area contributed by atoms with Gasteiger partial charge in [0.25, 0.3) is 0 Å². The summed E-state index contributed by atoms with van der Waals surface area (Å²) in [5.41, 5.74) is 1.11. The van der Waals surface area contributed by atoms with Crippen LogP contribution in [0.1, 0.15) is 25.7 Å². The smallest absolute Gasteiger partial charge is 0.163 e. The molecule has 1 fully saturated rings. The highest BCUT2D eigenvalue weighted by molar-refractivity contribution is 9.10. The van der Waals surface area contributed by atoms with Gasteiger partial charge in [-0.3, -0.25) is 0 Å². The molecule has 2 aliphatic rings. The van der Waals surface area contributed by atoms with Gasteiger partial charge in [-0.1, -0.05) is 12.8 Å². The molecule has 4 heteroatoms. The van der Waals surface area contributed by atoms with Crippen molar-refractivity contribution in [2.24, 2.45) is 0 Å². The Balaban J connectivity index is 1.83. The van der Waals surface area contributed by atoms with Gasteiger partial charge in [0.05, 0.1) is 5.69 Å². The number of fused-ring (bicyclic) bond motifs is 1. The summed E-state index contributed by atoms with van der Waals surface area (Å²) in [6.45, 7) is 1.27. The van der Waals surface area contributed by atoms with Crippen LogP contribution in [0.25, 0.3) is 0 Å². The number of nitrogens with one attached hydrogen (secondary N) is 1. The maximum absolute atomic E-state index is 5.60. The maximum atomic E-state index is 5.60. The molecule has 92 valence electrons. The summed E-state index contributed by atoms with van der Waals surface area (Å²) in [5, 5.41) is 3.58. The summed E-state index contributed by atoms with van der Waals surface area (Å²) >= 11 is 3.58. The zero-order chi connectivity index (χ0) is 11.7. The molecule has 0 unspecified atom stereocenters. The van der Waals surface area contributed by atoms with E-state index in [0.29, 0.717) is 19.3 Å². The van der Waals surface area contributed by atoms with Crippen molar-refractivity contribution in [1.82, 2.24) is 0 Å². The Morgan fingerprint density at radius 1 is 1.06 bits per heavy atom. The van der Waals surface area contributed by atoms with E-state index in [0.717, 1.165) is 21.7 Å². The van der Waals surface area contributed by atoms with Crippen molar-refractivity contribution < 1.29 is 9.47 Å². The minimum Gasteiger partial charge on any atom is -0.486 e. The third-order valence-corrected chi connectivity index (χ3v) is 4.00. The third-order valence-electron chi connectivity index (χ3n) is 3.35. The molecule has 0 amide bonds. The second-order valence-corrected chi connectivity index (χ2v) is 5.46. The van der Waals surface area contributed by atoms with Gasteiger partial charge >= 0.3 is 0 Å². The highest BCUT2D eigenvalue weighted by Gasteiger charge is 2.19. The Morgan fingerprint density at radius 3 is 2.41 bits per heavy atom. The number of anilines is 1. The van der Waals surface area contributed by atoms with Crippen molar-refractivity contribution in [3.8, 4) is 11.5 Å². The van der Waals surface area contributed by atoms with Crippen molar-refractivity contribution in [3.63, 3.8) is 0 Å². The van der Waals surface area contributed by atoms with Crippen LogP contribution in [0.2, 0.25) is 0 Å². The molecule has 0 atom stereocenters. The molecule has 0 bridgehead atoms. The van der Waals surface area contributed by atoms with E-state index >= 15 is 0 Å². The first-order valence-electron chi connectivity index (χ1n) is 6.18. The monoisotopic (exact) mass is 297 g/mol. The fourth-order valence-corrected chi connectivity index (χ4v) is 2.90. The van der Waals surface area contributed by atoms with Gasteiger partial charge in [0, 0.05) is 22.6 Å². The van der Waals surface area contributed by atoms with Crippen molar-refractivity contribution >= 4 is 21.6 Å². The van der Waals surface area contributed by atoms with E-state index in [1.807, 2.05) is 12.1 Å². The summed E-state index contributed by atoms with van der Waals surface area (Å²) in [6.07, 6.45) is 5.20. The molecule has 3 rings (SSSR count). The first-order chi connectivity index (χ1) is 8.33. The summed E-state index contributed by atoms with van der Waals surface area (Å²) in [4.78, 5) is 0. The predicted octanol–water partition coefficient (Wildman–Crippen LogP) is 3.57. The molecule has 0 spiro atoms. The summed E-state index contributed by atoms with van der Waals surface area (Å²) < 4.78 is 12.2. The molecule has 1 aliphatic carbocycles. The van der Waals surface area contributed by atoms with Crippen LogP contribution < -0.4 is 14.8 Å². The van der Waals surface area contributed by atoms with Crippen LogP contribution in [0, 0.1) is 0 Å². The molecule has 1 aromatic carbocycles. The van der Waals surface area contributed by atoms with E-state index in [4.69, 9.17) is 9.47 Å². The second-order valence-electron chi connectivity index (χ2n) is 4.60. The van der Waals surface area contributed by atoms with E-state index < -0.39 is 0 Å². The van der Waals surface area contributed by atoms with Crippen LogP contribution in [-0.2, 0) is 0 Å². The molecule has 0 aromatic heterocycles. The molecule has 17 heavy (non-hydrogen) atoms. The van der Waals surface area contributed by atoms with Crippen LogP contribution in [0.15, 0.2) is 16.6 Å². The number of benzene rings is 1. The molecule has 1 aromatic rings. The van der Waals surface area contributed by atoms with Crippen LogP contribution >= 0.6 is 15.9 Å². The maximum Gasteiger partial charge on any atom is 0.163 e. The first-order valence-corrected chi connectivity index (χ1v) is 6.98. The predicted molar refractivity (Wildman–Crippen MR) is 71.0 cm³/mol. The molecule has 1 aliphatic heterocycles. The van der Waals surface area contributed by atoms with E-state index in [-0.39, 0.29) is 0 Å². The summed E-state index contributed by atoms with van der Waals surface area (Å²) in [6, 6.07) is 4.64. The number of hydrogen-bond acceptors (Lipinski definition) is 3. The van der Waals surface area contributed by atoms with Gasteiger partial charge in [-0.15, -0.1) is 0 Å². The lowest BCUT2D eigenvalue weighted by atomic mass is 10.2. The van der Waals surface area contributed by atoms with Crippen LogP contribution in [0.4, 0.5) is 5.69 Å². The van der Waals surface area contributed by atoms with Crippen molar-refractivity contribution in [3.05, 3.63) is 16.6 Å². The van der Waals surface area contributed by atoms with Gasteiger partial charge in [0.15, 0.2) is 11.5 Å². The minimum atomic E-state index is 0.605. The average molecular weight is 298 g/mol. The molecule has 0 saturated heterocycles. The lowest BCUT2D eigenvalue weighted by Gasteiger charge is -2.21. The fraction of sp³-hybridized carbons (Fsp3) is 0.538. The van der Waals surface area contributed by atoms with E-state index in [2.05, 4.69) is 21.2 Å². The second kappa shape index (κ2) is 4.77. The highest BCUT2D eigenvalue weighted by atomic mass is 79.9. The van der Waals surface area contributed by atoms with E-state index in [1.54, 1.807) is 0 Å². The number of ether oxygens (including phenoxy) is 2. The number of hydrogen-bond donors (Lipinski definition) is 1. The van der Waals surface area contributed by atoms with Crippen LogP contribution in [0.5, 0.6) is 11.5 Å². The minimum absolute atomic E-state index is 0.605. The van der Waals surface area contributed by atoms with E-state index in [1.165, 1.54) is 25.7 Å². The van der Waals surface area contributed by atoms with Crippen molar-refractivity contribution in [2.45, 2.75) is 31.7 Å². The Labute approximate surface area is 110 Å². The normalized spacial score (nSPS) is 19.4. The fourth-order valence-electron chi connectivity index (χ4n) is 2.46. The lowest BCUT2D eigenvalue weighted by Crippen LogP contribution is -2.17. The van der Waals surface area contributed by atoms with Gasteiger partial charge in [-0.05, 0) is 28.8 Å². The van der Waals surface area contributed by atoms with E-state index in [9.17, 15) is 0 Å². The van der Waals surface area contributed by atoms with Crippen molar-refractivity contribution in [1.29, 1.82) is 0 Å². The Morgan fingerprint density at radius 2 is 1.71 bits per heavy atom. The molecule has 3 nitrogen and oxygen atoms in total. The van der Waals surface area contributed by atoms with Crippen molar-refractivity contribution in [2.75, 3.05) is 18.5 Å². The van der Waals surface area contributed by atoms with Gasteiger partial charge in [-0.25, -0.2) is 0 Å². The molecular formula is C13H16BrNO2. The molecule has 1 saturated carbocycles. The van der Waals surface area contributed by atoms with Crippen LogP contribution in [0.3, 0.4) is 0 Å². The van der Waals surface area contributed by atoms with Gasteiger partial charge < -0.3 is 14.8 Å². The largest absolute Gasteiger partial charge is 0.486 e. The van der Waals surface area contributed by atoms with Gasteiger partial charge in [-0.2, -0.15) is 0 Å². The zero-order valence-electron chi connectivity index (χ0n) is 9.67. The zero-order valence-corrected chi connectivity index (χ0v) is 11.3. The Kier molecular flexibility index (Phi) is 3.14. The number of rotatable bonds is 2. The highest BCUT2D eigenvalue weighted by Crippen LogP contribution is 2.39. The Hall–Kier alpha value is -0.900. The standard InChI is InChI=1S/C13H16BrNO2/c14-10-7-12-13(17-6-5-16-12)8-11(10)15-9-3-1-2-4-9/h7-9,15H,1-6H2. The van der Waals surface area contributed by atoms with Gasteiger partial charge in [0.2, 0.25) is 0 Å². The molecule has 1 heterocycles.